The van der Waals surface area contributed by atoms with Crippen LogP contribution in [0, 0.1) is 0 Å². The Kier molecular flexibility index (Phi) is 7.39. The third-order valence-electron chi connectivity index (χ3n) is 10.9. The first-order chi connectivity index (χ1) is 27.3. The second-order valence-electron chi connectivity index (χ2n) is 14.1. The molecule has 258 valence electrons. The van der Waals surface area contributed by atoms with Gasteiger partial charge in [-0.05, 0) is 93.2 Å². The molecular weight excluding hydrogens is 687 g/mol. The zero-order valence-electron chi connectivity index (χ0n) is 29.8. The second-order valence-corrected chi connectivity index (χ2v) is 15.2. The van der Waals surface area contributed by atoms with Crippen LogP contribution in [0.15, 0.2) is 205 Å². The number of benzene rings is 9. The van der Waals surface area contributed by atoms with Crippen molar-refractivity contribution in [1.29, 1.82) is 0 Å². The van der Waals surface area contributed by atoms with Gasteiger partial charge >= 0.3 is 0 Å². The number of thiophene rings is 1. The molecule has 0 atom stereocenters. The third kappa shape index (κ3) is 5.32. The summed E-state index contributed by atoms with van der Waals surface area (Å²) >= 11 is 1.82. The average molecular weight is 720 g/mol. The van der Waals surface area contributed by atoms with E-state index in [4.69, 9.17) is 4.42 Å². The molecule has 11 rings (SSSR count). The minimum atomic E-state index is 0.913. The summed E-state index contributed by atoms with van der Waals surface area (Å²) in [5, 5.41) is 7.23. The molecule has 0 spiro atoms. The first-order valence-electron chi connectivity index (χ1n) is 18.7. The molecule has 3 heteroatoms. The summed E-state index contributed by atoms with van der Waals surface area (Å²) in [6.07, 6.45) is 0. The van der Waals surface area contributed by atoms with Gasteiger partial charge < -0.3 is 9.32 Å². The van der Waals surface area contributed by atoms with Gasteiger partial charge in [0, 0.05) is 53.6 Å². The van der Waals surface area contributed by atoms with Crippen molar-refractivity contribution in [3.63, 3.8) is 0 Å². The summed E-state index contributed by atoms with van der Waals surface area (Å²) in [6, 6.07) is 72.0. The first-order valence-corrected chi connectivity index (χ1v) is 19.5. The summed E-state index contributed by atoms with van der Waals surface area (Å²) in [4.78, 5) is 2.35. The Labute approximate surface area is 322 Å². The van der Waals surface area contributed by atoms with Gasteiger partial charge in [-0.3, -0.25) is 0 Å². The molecule has 0 unspecified atom stereocenters. The van der Waals surface area contributed by atoms with Crippen molar-refractivity contribution in [3.8, 4) is 33.4 Å². The van der Waals surface area contributed by atoms with Gasteiger partial charge in [-0.1, -0.05) is 146 Å². The third-order valence-corrected chi connectivity index (χ3v) is 12.0. The SMILES string of the molecule is c1ccc(-c2ccc(N(c3ccc(-c4cccc5ccccc45)cc3)c3cccc(-c4cccc5c4oc4c5ccc5sc6ccccc6c54)c3)cc2)cc1. The highest BCUT2D eigenvalue weighted by Gasteiger charge is 2.19. The summed E-state index contributed by atoms with van der Waals surface area (Å²) in [5.74, 6) is 0. The standard InChI is InChI=1S/C52H33NOS/c1-2-11-34(12-3-1)35-23-27-39(28-24-35)53(40-29-25-37(26-30-40)43-19-9-14-36-13-4-5-17-42(36)43)41-16-8-15-38(33-41)44-20-10-21-45-46-31-32-49-50(52(46)54-51(44)45)47-18-6-7-22-48(47)55-49/h1-33H. The van der Waals surface area contributed by atoms with Crippen LogP contribution in [0.4, 0.5) is 17.1 Å². The lowest BCUT2D eigenvalue weighted by atomic mass is 9.98. The van der Waals surface area contributed by atoms with Gasteiger partial charge in [0.05, 0.1) is 0 Å². The highest BCUT2D eigenvalue weighted by molar-refractivity contribution is 7.26. The Morgan fingerprint density at radius 3 is 1.78 bits per heavy atom. The van der Waals surface area contributed by atoms with E-state index in [1.807, 2.05) is 11.3 Å². The number of hydrogen-bond acceptors (Lipinski definition) is 3. The fourth-order valence-corrected chi connectivity index (χ4v) is 9.36. The van der Waals surface area contributed by atoms with Crippen molar-refractivity contribution in [3.05, 3.63) is 200 Å². The molecule has 55 heavy (non-hydrogen) atoms. The quantitative estimate of drug-likeness (QED) is 0.170. The van der Waals surface area contributed by atoms with Gasteiger partial charge in [0.15, 0.2) is 0 Å². The van der Waals surface area contributed by atoms with E-state index in [0.717, 1.165) is 50.1 Å². The molecule has 2 nitrogen and oxygen atoms in total. The molecule has 11 aromatic rings. The molecule has 0 saturated carbocycles. The van der Waals surface area contributed by atoms with Crippen LogP contribution >= 0.6 is 11.3 Å². The molecule has 0 saturated heterocycles. The van der Waals surface area contributed by atoms with E-state index in [-0.39, 0.29) is 0 Å². The maximum Gasteiger partial charge on any atom is 0.144 e. The van der Waals surface area contributed by atoms with Gasteiger partial charge in [0.2, 0.25) is 0 Å². The summed E-state index contributed by atoms with van der Waals surface area (Å²) in [5.41, 5.74) is 12.1. The van der Waals surface area contributed by atoms with Crippen molar-refractivity contribution in [2.75, 3.05) is 4.90 Å². The number of rotatable bonds is 6. The molecule has 0 fully saturated rings. The summed E-state index contributed by atoms with van der Waals surface area (Å²) < 4.78 is 9.45. The van der Waals surface area contributed by atoms with Gasteiger partial charge in [-0.2, -0.15) is 0 Å². The summed E-state index contributed by atoms with van der Waals surface area (Å²) in [6.45, 7) is 0. The molecule has 0 radical (unpaired) electrons. The number of para-hydroxylation sites is 1. The lowest BCUT2D eigenvalue weighted by Crippen LogP contribution is -2.10. The molecular formula is C52H33NOS. The molecule has 0 amide bonds. The lowest BCUT2D eigenvalue weighted by Gasteiger charge is -2.26. The molecule has 9 aromatic carbocycles. The Hall–Kier alpha value is -6.94. The van der Waals surface area contributed by atoms with Crippen molar-refractivity contribution in [1.82, 2.24) is 0 Å². The largest absolute Gasteiger partial charge is 0.455 e. The van der Waals surface area contributed by atoms with Gasteiger partial charge in [-0.25, -0.2) is 0 Å². The molecule has 0 bridgehead atoms. The van der Waals surface area contributed by atoms with Crippen molar-refractivity contribution < 1.29 is 4.42 Å². The molecule has 0 N–H and O–H groups in total. The molecule has 0 aliphatic rings. The van der Waals surface area contributed by atoms with E-state index in [1.165, 1.54) is 53.2 Å². The van der Waals surface area contributed by atoms with E-state index < -0.39 is 0 Å². The Balaban J connectivity index is 1.05. The molecule has 2 aromatic heterocycles. The van der Waals surface area contributed by atoms with Crippen molar-refractivity contribution in [2.45, 2.75) is 0 Å². The first kappa shape index (κ1) is 31.6. The highest BCUT2D eigenvalue weighted by Crippen LogP contribution is 2.45. The van der Waals surface area contributed by atoms with Crippen LogP contribution in [0.2, 0.25) is 0 Å². The van der Waals surface area contributed by atoms with E-state index in [9.17, 15) is 0 Å². The van der Waals surface area contributed by atoms with Gasteiger partial charge in [0.1, 0.15) is 11.2 Å². The predicted molar refractivity (Wildman–Crippen MR) is 235 cm³/mol. The highest BCUT2D eigenvalue weighted by atomic mass is 32.1. The van der Waals surface area contributed by atoms with Crippen LogP contribution in [0.3, 0.4) is 0 Å². The number of hydrogen-bond donors (Lipinski definition) is 0. The van der Waals surface area contributed by atoms with Crippen LogP contribution in [-0.4, -0.2) is 0 Å². The summed E-state index contributed by atoms with van der Waals surface area (Å²) in [7, 11) is 0. The number of fused-ring (bicyclic) bond motifs is 8. The smallest absolute Gasteiger partial charge is 0.144 e. The number of furan rings is 1. The Morgan fingerprint density at radius 1 is 0.345 bits per heavy atom. The van der Waals surface area contributed by atoms with Crippen LogP contribution in [0.1, 0.15) is 0 Å². The van der Waals surface area contributed by atoms with E-state index in [1.54, 1.807) is 0 Å². The number of nitrogens with zero attached hydrogens (tertiary/aromatic N) is 1. The topological polar surface area (TPSA) is 16.4 Å². The molecule has 2 heterocycles. The van der Waals surface area contributed by atoms with E-state index in [2.05, 4.69) is 205 Å². The predicted octanol–water partition coefficient (Wildman–Crippen LogP) is 15.6. The Morgan fingerprint density at radius 2 is 0.945 bits per heavy atom. The molecule has 0 aliphatic heterocycles. The van der Waals surface area contributed by atoms with Gasteiger partial charge in [-0.15, -0.1) is 11.3 Å². The number of anilines is 3. The zero-order valence-corrected chi connectivity index (χ0v) is 30.6. The van der Waals surface area contributed by atoms with Crippen molar-refractivity contribution in [2.24, 2.45) is 0 Å². The Bertz CT molecular complexity index is 3190. The second kappa shape index (κ2) is 12.9. The minimum Gasteiger partial charge on any atom is -0.455 e. The maximum atomic E-state index is 6.92. The average Bonchev–Trinajstić information content (AvgIpc) is 3.83. The van der Waals surface area contributed by atoms with E-state index >= 15 is 0 Å². The molecule has 0 aliphatic carbocycles. The minimum absolute atomic E-state index is 0.913. The van der Waals surface area contributed by atoms with Crippen LogP contribution in [0.5, 0.6) is 0 Å². The zero-order chi connectivity index (χ0) is 36.3. The van der Waals surface area contributed by atoms with Crippen LogP contribution < -0.4 is 4.90 Å². The maximum absolute atomic E-state index is 6.92. The van der Waals surface area contributed by atoms with Crippen LogP contribution in [-0.2, 0) is 0 Å². The fourth-order valence-electron chi connectivity index (χ4n) is 8.25. The van der Waals surface area contributed by atoms with Crippen LogP contribution in [0.25, 0.3) is 86.3 Å². The van der Waals surface area contributed by atoms with Crippen molar-refractivity contribution >= 4 is 81.3 Å². The van der Waals surface area contributed by atoms with Gasteiger partial charge in [0.25, 0.3) is 0 Å². The monoisotopic (exact) mass is 719 g/mol. The van der Waals surface area contributed by atoms with E-state index in [0.29, 0.717) is 0 Å². The normalized spacial score (nSPS) is 11.6. The fraction of sp³-hybridized carbons (Fsp3) is 0. The lowest BCUT2D eigenvalue weighted by molar-refractivity contribution is 0.674.